The SMILES string of the molecule is C=CCCC(=O)OC[C@@H](NC(=O)[C@H]1[C@@H]2O[C@@]3(CC2Br)[C@@H]1C(=O)N(CCCCCCO)[C@@H]3C(=O)N(CC=C)CCCCC)c1ccccc1. The minimum Gasteiger partial charge on any atom is -0.463 e. The number of amides is 3. The summed E-state index contributed by atoms with van der Waals surface area (Å²) in [5, 5.41) is 12.3. The Morgan fingerprint density at radius 2 is 1.90 bits per heavy atom. The first-order valence-corrected chi connectivity index (χ1v) is 18.4. The van der Waals surface area contributed by atoms with Gasteiger partial charge in [-0.2, -0.15) is 0 Å². The smallest absolute Gasteiger partial charge is 0.306 e. The van der Waals surface area contributed by atoms with Gasteiger partial charge in [-0.3, -0.25) is 19.2 Å². The fraction of sp³-hybridized carbons (Fsp3) is 0.622. The lowest BCUT2D eigenvalue weighted by molar-refractivity contribution is -0.148. The van der Waals surface area contributed by atoms with Crippen molar-refractivity contribution < 1.29 is 33.8 Å². The maximum absolute atomic E-state index is 14.5. The first kappa shape index (κ1) is 37.8. The fourth-order valence-corrected chi connectivity index (χ4v) is 8.46. The number of aliphatic hydroxyl groups excluding tert-OH is 1. The highest BCUT2D eigenvalue weighted by Gasteiger charge is 2.76. The highest BCUT2D eigenvalue weighted by Crippen LogP contribution is 2.60. The largest absolute Gasteiger partial charge is 0.463 e. The van der Waals surface area contributed by atoms with Gasteiger partial charge in [0.15, 0.2) is 0 Å². The maximum Gasteiger partial charge on any atom is 0.306 e. The molecule has 2 bridgehead atoms. The van der Waals surface area contributed by atoms with Crippen molar-refractivity contribution in [2.45, 2.75) is 99.7 Å². The van der Waals surface area contributed by atoms with Gasteiger partial charge in [0, 0.05) is 37.5 Å². The molecule has 3 aliphatic rings. The van der Waals surface area contributed by atoms with Crippen LogP contribution in [0.25, 0.3) is 0 Å². The van der Waals surface area contributed by atoms with Crippen molar-refractivity contribution in [3.63, 3.8) is 0 Å². The molecule has 10 nitrogen and oxygen atoms in total. The van der Waals surface area contributed by atoms with E-state index in [1.165, 1.54) is 0 Å². The molecule has 48 heavy (non-hydrogen) atoms. The van der Waals surface area contributed by atoms with Crippen LogP contribution in [-0.2, 0) is 28.7 Å². The Labute approximate surface area is 293 Å². The Hall–Kier alpha value is -3.02. The van der Waals surface area contributed by atoms with E-state index in [1.807, 2.05) is 30.3 Å². The van der Waals surface area contributed by atoms with Crippen LogP contribution in [0.15, 0.2) is 55.6 Å². The molecule has 11 heteroatoms. The van der Waals surface area contributed by atoms with Crippen molar-refractivity contribution in [2.75, 3.05) is 32.8 Å². The summed E-state index contributed by atoms with van der Waals surface area (Å²) < 4.78 is 12.3. The number of halogens is 1. The summed E-state index contributed by atoms with van der Waals surface area (Å²) in [4.78, 5) is 58.9. The second kappa shape index (κ2) is 18.1. The number of hydrogen-bond acceptors (Lipinski definition) is 7. The zero-order valence-electron chi connectivity index (χ0n) is 28.2. The zero-order valence-corrected chi connectivity index (χ0v) is 29.8. The molecule has 0 radical (unpaired) electrons. The van der Waals surface area contributed by atoms with Gasteiger partial charge in [-0.05, 0) is 37.7 Å². The number of ether oxygens (including phenoxy) is 2. The van der Waals surface area contributed by atoms with Crippen molar-refractivity contribution in [1.29, 1.82) is 0 Å². The van der Waals surface area contributed by atoms with Gasteiger partial charge in [-0.15, -0.1) is 13.2 Å². The van der Waals surface area contributed by atoms with Crippen LogP contribution in [0.3, 0.4) is 0 Å². The normalized spacial score (nSPS) is 26.2. The highest BCUT2D eigenvalue weighted by atomic mass is 79.9. The number of carbonyl (C=O) groups is 4. The molecule has 0 saturated carbocycles. The van der Waals surface area contributed by atoms with Gasteiger partial charge in [0.1, 0.15) is 18.2 Å². The van der Waals surface area contributed by atoms with Crippen LogP contribution in [0.1, 0.15) is 82.7 Å². The summed E-state index contributed by atoms with van der Waals surface area (Å²) in [6.45, 7) is 10.9. The molecule has 1 spiro atoms. The van der Waals surface area contributed by atoms with Gasteiger partial charge in [0.05, 0.1) is 24.0 Å². The predicted octanol–water partition coefficient (Wildman–Crippen LogP) is 4.86. The third-order valence-corrected chi connectivity index (χ3v) is 10.7. The molecule has 1 aromatic rings. The van der Waals surface area contributed by atoms with Gasteiger partial charge in [-0.1, -0.05) is 91.0 Å². The topological polar surface area (TPSA) is 125 Å². The van der Waals surface area contributed by atoms with E-state index >= 15 is 0 Å². The monoisotopic (exact) mass is 729 g/mol. The van der Waals surface area contributed by atoms with Crippen LogP contribution in [0.2, 0.25) is 0 Å². The maximum atomic E-state index is 14.5. The standard InChI is InChI=1S/C37H52BrN3O7/c1-4-7-14-21-40(20-6-3)36(46)33-37-24-27(38)32(48-37)30(31(37)35(45)41(33)22-15-9-10-16-23-42)34(44)39-28(26-17-12-11-13-18-26)25-47-29(43)19-8-5-2/h5-6,11-13,17-18,27-28,30-33,42H,2-4,7-10,14-16,19-25H2,1H3,(H,39,44)/t27?,28-,30-,31+,32-,33-,37+/m1/s1. The van der Waals surface area contributed by atoms with Crippen molar-refractivity contribution in [3.8, 4) is 0 Å². The summed E-state index contributed by atoms with van der Waals surface area (Å²) in [5.74, 6) is -2.86. The van der Waals surface area contributed by atoms with Crippen LogP contribution in [0.4, 0.5) is 0 Å². The number of alkyl halides is 1. The number of fused-ring (bicyclic) bond motifs is 1. The summed E-state index contributed by atoms with van der Waals surface area (Å²) >= 11 is 3.76. The summed E-state index contributed by atoms with van der Waals surface area (Å²) in [5.41, 5.74) is -0.400. The lowest BCUT2D eigenvalue weighted by Crippen LogP contribution is -2.57. The van der Waals surface area contributed by atoms with E-state index in [9.17, 15) is 24.3 Å². The molecule has 3 fully saturated rings. The average molecular weight is 731 g/mol. The number of benzene rings is 1. The van der Waals surface area contributed by atoms with Crippen LogP contribution < -0.4 is 5.32 Å². The van der Waals surface area contributed by atoms with Crippen LogP contribution >= 0.6 is 15.9 Å². The second-order valence-electron chi connectivity index (χ2n) is 13.1. The molecule has 3 saturated heterocycles. The molecular formula is C37H52BrN3O7. The summed E-state index contributed by atoms with van der Waals surface area (Å²) in [7, 11) is 0. The van der Waals surface area contributed by atoms with E-state index in [2.05, 4.69) is 41.3 Å². The molecule has 0 aromatic heterocycles. The third kappa shape index (κ3) is 8.40. The molecule has 264 valence electrons. The minimum absolute atomic E-state index is 0.0686. The third-order valence-electron chi connectivity index (χ3n) is 9.81. The number of hydrogen-bond donors (Lipinski definition) is 2. The molecule has 3 aliphatic heterocycles. The van der Waals surface area contributed by atoms with Gasteiger partial charge in [0.25, 0.3) is 0 Å². The first-order valence-electron chi connectivity index (χ1n) is 17.5. The number of nitrogens with zero attached hydrogens (tertiary/aromatic N) is 2. The Balaban J connectivity index is 1.63. The molecule has 7 atom stereocenters. The molecule has 2 N–H and O–H groups in total. The number of unbranched alkanes of at least 4 members (excludes halogenated alkanes) is 5. The number of esters is 1. The Kier molecular flexibility index (Phi) is 14.3. The van der Waals surface area contributed by atoms with E-state index in [4.69, 9.17) is 9.47 Å². The Morgan fingerprint density at radius 1 is 1.15 bits per heavy atom. The van der Waals surface area contributed by atoms with Crippen molar-refractivity contribution in [1.82, 2.24) is 15.1 Å². The lowest BCUT2D eigenvalue weighted by Gasteiger charge is -2.37. The van der Waals surface area contributed by atoms with E-state index in [0.29, 0.717) is 45.3 Å². The summed E-state index contributed by atoms with van der Waals surface area (Å²) in [6, 6.07) is 7.77. The minimum atomic E-state index is -1.16. The molecule has 1 unspecified atom stereocenters. The molecular weight excluding hydrogens is 678 g/mol. The van der Waals surface area contributed by atoms with Crippen molar-refractivity contribution in [2.24, 2.45) is 11.8 Å². The number of nitrogens with one attached hydrogen (secondary N) is 1. The van der Waals surface area contributed by atoms with Gasteiger partial charge in [-0.25, -0.2) is 0 Å². The number of likely N-dealkylation sites (tertiary alicyclic amines) is 1. The Morgan fingerprint density at radius 3 is 2.58 bits per heavy atom. The molecule has 4 rings (SSSR count). The van der Waals surface area contributed by atoms with Crippen molar-refractivity contribution >= 4 is 39.6 Å². The molecule has 3 amide bonds. The van der Waals surface area contributed by atoms with Crippen molar-refractivity contribution in [3.05, 3.63) is 61.2 Å². The van der Waals surface area contributed by atoms with E-state index < -0.39 is 41.6 Å². The fourth-order valence-electron chi connectivity index (χ4n) is 7.51. The van der Waals surface area contributed by atoms with Crippen LogP contribution in [0, 0.1) is 11.8 Å². The predicted molar refractivity (Wildman–Crippen MR) is 187 cm³/mol. The lowest BCUT2D eigenvalue weighted by atomic mass is 9.70. The molecule has 1 aromatic carbocycles. The van der Waals surface area contributed by atoms with Gasteiger partial charge >= 0.3 is 5.97 Å². The van der Waals surface area contributed by atoms with Gasteiger partial charge in [0.2, 0.25) is 17.7 Å². The number of rotatable bonds is 21. The second-order valence-corrected chi connectivity index (χ2v) is 14.3. The zero-order chi connectivity index (χ0) is 34.7. The molecule has 3 heterocycles. The Bertz CT molecular complexity index is 1280. The number of aliphatic hydroxyl groups is 1. The van der Waals surface area contributed by atoms with Crippen LogP contribution in [0.5, 0.6) is 0 Å². The van der Waals surface area contributed by atoms with Gasteiger partial charge < -0.3 is 29.7 Å². The first-order chi connectivity index (χ1) is 23.2. The van der Waals surface area contributed by atoms with E-state index in [1.54, 1.807) is 22.0 Å². The number of carbonyl (C=O) groups excluding carboxylic acids is 4. The quantitative estimate of drug-likeness (QED) is 0.0802. The summed E-state index contributed by atoms with van der Waals surface area (Å²) in [6.07, 6.45) is 9.63. The average Bonchev–Trinajstić information content (AvgIpc) is 3.68. The highest BCUT2D eigenvalue weighted by molar-refractivity contribution is 9.09. The number of allylic oxidation sites excluding steroid dienone is 1. The van der Waals surface area contributed by atoms with E-state index in [0.717, 1.165) is 37.7 Å². The van der Waals surface area contributed by atoms with Crippen LogP contribution in [-0.4, -0.2) is 94.0 Å². The molecule has 0 aliphatic carbocycles. The van der Waals surface area contributed by atoms with E-state index in [-0.39, 0.29) is 42.2 Å².